The van der Waals surface area contributed by atoms with Crippen molar-refractivity contribution >= 4 is 5.95 Å². The Hall–Kier alpha value is -1.16. The second kappa shape index (κ2) is 4.62. The van der Waals surface area contributed by atoms with E-state index >= 15 is 0 Å². The van der Waals surface area contributed by atoms with Gasteiger partial charge in [-0.25, -0.2) is 9.97 Å². The maximum absolute atomic E-state index is 4.00. The van der Waals surface area contributed by atoms with Crippen LogP contribution in [0.5, 0.6) is 0 Å². The first-order chi connectivity index (χ1) is 5.43. The summed E-state index contributed by atoms with van der Waals surface area (Å²) in [6.45, 7) is 1.76. The normalized spacial score (nSPS) is 9.55. The van der Waals surface area contributed by atoms with E-state index in [9.17, 15) is 0 Å². The van der Waals surface area contributed by atoms with Crippen molar-refractivity contribution in [3.63, 3.8) is 0 Å². The fraction of sp³-hybridized carbons (Fsp3) is 0.429. The van der Waals surface area contributed by atoms with Gasteiger partial charge in [0.2, 0.25) is 5.95 Å². The average molecular weight is 152 g/mol. The van der Waals surface area contributed by atoms with Gasteiger partial charge in [0.1, 0.15) is 0 Å². The smallest absolute Gasteiger partial charge is 0.222 e. The average Bonchev–Trinajstić information content (AvgIpc) is 2.07. The number of nitrogens with one attached hydrogen (secondary N) is 2. The Morgan fingerprint density at radius 3 is 2.64 bits per heavy atom. The van der Waals surface area contributed by atoms with Crippen LogP contribution in [0.15, 0.2) is 18.5 Å². The van der Waals surface area contributed by atoms with Crippen LogP contribution in [-0.4, -0.2) is 30.1 Å². The quantitative estimate of drug-likeness (QED) is 0.601. The van der Waals surface area contributed by atoms with Crippen molar-refractivity contribution in [2.75, 3.05) is 25.5 Å². The Morgan fingerprint density at radius 1 is 1.27 bits per heavy atom. The predicted octanol–water partition coefficient (Wildman–Crippen LogP) is 0.108. The number of hydrogen-bond donors (Lipinski definition) is 2. The van der Waals surface area contributed by atoms with Crippen molar-refractivity contribution in [2.24, 2.45) is 0 Å². The summed E-state index contributed by atoms with van der Waals surface area (Å²) < 4.78 is 0. The summed E-state index contributed by atoms with van der Waals surface area (Å²) in [5.74, 6) is 0.683. The van der Waals surface area contributed by atoms with Crippen LogP contribution in [0, 0.1) is 0 Å². The van der Waals surface area contributed by atoms with Crippen molar-refractivity contribution in [1.82, 2.24) is 15.3 Å². The third-order valence-corrected chi connectivity index (χ3v) is 1.22. The summed E-state index contributed by atoms with van der Waals surface area (Å²) in [7, 11) is 1.91. The van der Waals surface area contributed by atoms with Crippen LogP contribution in [0.25, 0.3) is 0 Å². The molecule has 1 aromatic heterocycles. The molecule has 60 valence electrons. The summed E-state index contributed by atoms with van der Waals surface area (Å²) in [4.78, 5) is 8.00. The van der Waals surface area contributed by atoms with Crippen LogP contribution in [0.1, 0.15) is 0 Å². The van der Waals surface area contributed by atoms with E-state index in [0.717, 1.165) is 13.1 Å². The summed E-state index contributed by atoms with van der Waals surface area (Å²) in [5, 5.41) is 6.08. The fourth-order valence-corrected chi connectivity index (χ4v) is 0.690. The molecule has 0 amide bonds. The third-order valence-electron chi connectivity index (χ3n) is 1.22. The lowest BCUT2D eigenvalue weighted by Gasteiger charge is -2.01. The Morgan fingerprint density at radius 2 is 2.00 bits per heavy atom. The van der Waals surface area contributed by atoms with E-state index in [1.807, 2.05) is 7.05 Å². The van der Waals surface area contributed by atoms with E-state index in [1.54, 1.807) is 18.5 Å². The number of anilines is 1. The lowest BCUT2D eigenvalue weighted by atomic mass is 10.6. The van der Waals surface area contributed by atoms with Crippen molar-refractivity contribution in [3.05, 3.63) is 18.5 Å². The first-order valence-electron chi connectivity index (χ1n) is 3.59. The van der Waals surface area contributed by atoms with Crippen molar-refractivity contribution in [2.45, 2.75) is 0 Å². The molecule has 1 heterocycles. The molecule has 0 saturated carbocycles. The van der Waals surface area contributed by atoms with Gasteiger partial charge in [-0.1, -0.05) is 0 Å². The first-order valence-corrected chi connectivity index (χ1v) is 3.59. The summed E-state index contributed by atoms with van der Waals surface area (Å²) >= 11 is 0. The molecular formula is C7H12N4. The summed E-state index contributed by atoms with van der Waals surface area (Å²) in [6, 6.07) is 1.79. The number of rotatable bonds is 4. The zero-order valence-electron chi connectivity index (χ0n) is 6.54. The number of likely N-dealkylation sites (N-methyl/N-ethyl adjacent to an activating group) is 1. The highest BCUT2D eigenvalue weighted by Crippen LogP contribution is 1.90. The Labute approximate surface area is 66.1 Å². The molecule has 0 radical (unpaired) electrons. The van der Waals surface area contributed by atoms with E-state index in [0.29, 0.717) is 5.95 Å². The molecule has 0 fully saturated rings. The van der Waals surface area contributed by atoms with E-state index in [1.165, 1.54) is 0 Å². The predicted molar refractivity (Wildman–Crippen MR) is 44.4 cm³/mol. The van der Waals surface area contributed by atoms with Crippen molar-refractivity contribution in [3.8, 4) is 0 Å². The number of nitrogens with zero attached hydrogens (tertiary/aromatic N) is 2. The molecule has 1 aromatic rings. The third kappa shape index (κ3) is 2.95. The Bertz CT molecular complexity index is 187. The molecule has 0 aromatic carbocycles. The van der Waals surface area contributed by atoms with Crippen LogP contribution < -0.4 is 10.6 Å². The maximum Gasteiger partial charge on any atom is 0.222 e. The van der Waals surface area contributed by atoms with Gasteiger partial charge in [-0.15, -0.1) is 0 Å². The highest BCUT2D eigenvalue weighted by atomic mass is 15.1. The molecule has 0 aliphatic carbocycles. The van der Waals surface area contributed by atoms with E-state index < -0.39 is 0 Å². The largest absolute Gasteiger partial charge is 0.353 e. The number of aromatic nitrogens is 2. The molecule has 2 N–H and O–H groups in total. The van der Waals surface area contributed by atoms with E-state index in [2.05, 4.69) is 20.6 Å². The van der Waals surface area contributed by atoms with Gasteiger partial charge in [-0.05, 0) is 13.1 Å². The monoisotopic (exact) mass is 152 g/mol. The Balaban J connectivity index is 2.28. The minimum Gasteiger partial charge on any atom is -0.353 e. The second-order valence-electron chi connectivity index (χ2n) is 2.10. The molecule has 11 heavy (non-hydrogen) atoms. The highest BCUT2D eigenvalue weighted by molar-refractivity contribution is 5.21. The molecule has 4 nitrogen and oxygen atoms in total. The van der Waals surface area contributed by atoms with Crippen LogP contribution >= 0.6 is 0 Å². The van der Waals surface area contributed by atoms with Crippen LogP contribution in [0.3, 0.4) is 0 Å². The van der Waals surface area contributed by atoms with E-state index in [4.69, 9.17) is 0 Å². The van der Waals surface area contributed by atoms with Crippen molar-refractivity contribution in [1.29, 1.82) is 0 Å². The molecule has 0 aliphatic rings. The SMILES string of the molecule is CNCCNc1ncccn1. The minimum absolute atomic E-state index is 0.683. The van der Waals surface area contributed by atoms with Crippen LogP contribution in [0.4, 0.5) is 5.95 Å². The molecule has 1 rings (SSSR count). The molecule has 0 unspecified atom stereocenters. The molecular weight excluding hydrogens is 140 g/mol. The number of hydrogen-bond acceptors (Lipinski definition) is 4. The summed E-state index contributed by atoms with van der Waals surface area (Å²) in [5.41, 5.74) is 0. The topological polar surface area (TPSA) is 49.8 Å². The van der Waals surface area contributed by atoms with Gasteiger partial charge in [0.25, 0.3) is 0 Å². The van der Waals surface area contributed by atoms with Gasteiger partial charge in [0, 0.05) is 25.5 Å². The van der Waals surface area contributed by atoms with Gasteiger partial charge in [0.05, 0.1) is 0 Å². The summed E-state index contributed by atoms with van der Waals surface area (Å²) in [6.07, 6.45) is 3.43. The van der Waals surface area contributed by atoms with Crippen LogP contribution in [-0.2, 0) is 0 Å². The molecule has 0 saturated heterocycles. The zero-order chi connectivity index (χ0) is 7.94. The maximum atomic E-state index is 4.00. The molecule has 0 spiro atoms. The van der Waals surface area contributed by atoms with Crippen LogP contribution in [0.2, 0.25) is 0 Å². The standard InChI is InChI=1S/C7H12N4/c1-8-5-6-11-7-9-3-2-4-10-7/h2-4,8H,5-6H2,1H3,(H,9,10,11). The highest BCUT2D eigenvalue weighted by Gasteiger charge is 1.88. The second-order valence-corrected chi connectivity index (χ2v) is 2.10. The van der Waals surface area contributed by atoms with Gasteiger partial charge in [0.15, 0.2) is 0 Å². The molecule has 0 aliphatic heterocycles. The fourth-order valence-electron chi connectivity index (χ4n) is 0.690. The Kier molecular flexibility index (Phi) is 3.34. The van der Waals surface area contributed by atoms with Gasteiger partial charge in [-0.3, -0.25) is 0 Å². The lowest BCUT2D eigenvalue weighted by Crippen LogP contribution is -2.18. The van der Waals surface area contributed by atoms with Gasteiger partial charge < -0.3 is 10.6 Å². The lowest BCUT2D eigenvalue weighted by molar-refractivity contribution is 0.817. The molecule has 0 bridgehead atoms. The minimum atomic E-state index is 0.683. The van der Waals surface area contributed by atoms with Gasteiger partial charge in [-0.2, -0.15) is 0 Å². The van der Waals surface area contributed by atoms with Gasteiger partial charge >= 0.3 is 0 Å². The molecule has 0 atom stereocenters. The van der Waals surface area contributed by atoms with E-state index in [-0.39, 0.29) is 0 Å². The first kappa shape index (κ1) is 7.94. The molecule has 4 heteroatoms. The van der Waals surface area contributed by atoms with Crippen molar-refractivity contribution < 1.29 is 0 Å². The zero-order valence-corrected chi connectivity index (χ0v) is 6.54.